The Bertz CT molecular complexity index is 847. The topological polar surface area (TPSA) is 87.1 Å². The second kappa shape index (κ2) is 10.3. The van der Waals surface area contributed by atoms with Crippen molar-refractivity contribution in [2.75, 3.05) is 11.5 Å². The van der Waals surface area contributed by atoms with E-state index in [9.17, 15) is 14.7 Å². The number of aromatic carboxylic acids is 1. The van der Waals surface area contributed by atoms with Crippen molar-refractivity contribution in [1.29, 1.82) is 0 Å². The van der Waals surface area contributed by atoms with Crippen molar-refractivity contribution in [3.63, 3.8) is 0 Å². The summed E-state index contributed by atoms with van der Waals surface area (Å²) in [6, 6.07) is 13.7. The van der Waals surface area contributed by atoms with Crippen LogP contribution in [0.1, 0.15) is 67.5 Å². The Morgan fingerprint density at radius 3 is 2.47 bits per heavy atom. The number of carbonyl (C=O) groups is 2. The van der Waals surface area contributed by atoms with Crippen LogP contribution in [0.25, 0.3) is 0 Å². The van der Waals surface area contributed by atoms with Gasteiger partial charge in [0, 0.05) is 12.1 Å². The lowest BCUT2D eigenvalue weighted by Crippen LogP contribution is -2.37. The zero-order valence-corrected chi connectivity index (χ0v) is 17.3. The van der Waals surface area contributed by atoms with E-state index in [-0.39, 0.29) is 17.5 Å². The van der Waals surface area contributed by atoms with Gasteiger partial charge >= 0.3 is 5.97 Å². The van der Waals surface area contributed by atoms with Gasteiger partial charge in [-0.3, -0.25) is 4.79 Å². The van der Waals surface area contributed by atoms with E-state index in [2.05, 4.69) is 6.92 Å². The van der Waals surface area contributed by atoms with Gasteiger partial charge in [-0.1, -0.05) is 38.3 Å². The third-order valence-electron chi connectivity index (χ3n) is 5.51. The Morgan fingerprint density at radius 2 is 1.83 bits per heavy atom. The minimum absolute atomic E-state index is 0.0565. The van der Waals surface area contributed by atoms with E-state index in [0.717, 1.165) is 36.9 Å². The molecule has 1 unspecified atom stereocenters. The van der Waals surface area contributed by atoms with Crippen LogP contribution in [0.4, 0.5) is 5.69 Å². The van der Waals surface area contributed by atoms with Gasteiger partial charge in [0.25, 0.3) is 0 Å². The highest BCUT2D eigenvalue weighted by Crippen LogP contribution is 2.29. The molecule has 0 bridgehead atoms. The van der Waals surface area contributed by atoms with Crippen molar-refractivity contribution in [3.8, 4) is 5.75 Å². The van der Waals surface area contributed by atoms with E-state index in [4.69, 9.17) is 9.84 Å². The van der Waals surface area contributed by atoms with Crippen LogP contribution in [0.5, 0.6) is 5.75 Å². The first-order valence-corrected chi connectivity index (χ1v) is 10.6. The molecule has 0 aromatic heterocycles. The van der Waals surface area contributed by atoms with E-state index in [1.165, 1.54) is 12.1 Å². The number of aliphatic hydroxyl groups is 1. The van der Waals surface area contributed by atoms with E-state index in [1.54, 1.807) is 17.0 Å². The molecule has 1 saturated heterocycles. The predicted octanol–water partition coefficient (Wildman–Crippen LogP) is 4.57. The van der Waals surface area contributed by atoms with Crippen molar-refractivity contribution in [3.05, 3.63) is 59.7 Å². The molecule has 1 aliphatic rings. The lowest BCUT2D eigenvalue weighted by atomic mass is 10.0. The van der Waals surface area contributed by atoms with Gasteiger partial charge in [0.1, 0.15) is 12.4 Å². The van der Waals surface area contributed by atoms with Crippen LogP contribution in [0.15, 0.2) is 48.5 Å². The van der Waals surface area contributed by atoms with Crippen molar-refractivity contribution in [1.82, 2.24) is 0 Å². The fraction of sp³-hybridized carbons (Fsp3) is 0.417. The molecule has 0 radical (unpaired) electrons. The summed E-state index contributed by atoms with van der Waals surface area (Å²) in [5.41, 5.74) is 1.88. The summed E-state index contributed by atoms with van der Waals surface area (Å²) in [6.45, 7) is 2.47. The van der Waals surface area contributed by atoms with Gasteiger partial charge in [-0.25, -0.2) is 4.79 Å². The van der Waals surface area contributed by atoms with Crippen LogP contribution in [-0.4, -0.2) is 34.7 Å². The molecule has 1 heterocycles. The lowest BCUT2D eigenvalue weighted by molar-refractivity contribution is -0.117. The summed E-state index contributed by atoms with van der Waals surface area (Å²) in [7, 11) is 0. The summed E-state index contributed by atoms with van der Waals surface area (Å²) >= 11 is 0. The second-order valence-electron chi connectivity index (χ2n) is 7.70. The molecule has 1 fully saturated rings. The molecule has 6 heteroatoms. The minimum Gasteiger partial charge on any atom is -0.491 e. The summed E-state index contributed by atoms with van der Waals surface area (Å²) in [5.74, 6) is -0.348. The number of anilines is 1. The number of ether oxygens (including phenoxy) is 1. The van der Waals surface area contributed by atoms with E-state index < -0.39 is 12.1 Å². The lowest BCUT2D eigenvalue weighted by Gasteiger charge is -2.25. The van der Waals surface area contributed by atoms with Crippen molar-refractivity contribution >= 4 is 17.6 Å². The zero-order chi connectivity index (χ0) is 21.5. The smallest absolute Gasteiger partial charge is 0.335 e. The number of nitrogens with zero attached hydrogens (tertiary/aromatic N) is 1. The average molecular weight is 411 g/mol. The third-order valence-corrected chi connectivity index (χ3v) is 5.51. The van der Waals surface area contributed by atoms with Gasteiger partial charge in [0.15, 0.2) is 0 Å². The zero-order valence-electron chi connectivity index (χ0n) is 17.3. The third kappa shape index (κ3) is 5.39. The molecular weight excluding hydrogens is 382 g/mol. The molecular formula is C24H29NO5. The van der Waals surface area contributed by atoms with Gasteiger partial charge < -0.3 is 19.8 Å². The molecule has 30 heavy (non-hydrogen) atoms. The number of rotatable bonds is 10. The molecule has 1 aliphatic heterocycles. The quantitative estimate of drug-likeness (QED) is 0.559. The molecule has 2 N–H and O–H groups in total. The van der Waals surface area contributed by atoms with Crippen LogP contribution in [0, 0.1) is 0 Å². The standard InChI is InChI=1S/C24H29NO5/c1-2-3-4-5-22(26)17-6-10-19(11-7-17)25-20(12-15-23(25)27)16-30-21-13-8-18(9-14-21)24(28)29/h6-11,13-14,20,22,26H,2-5,12,15-16H2,1H3,(H,28,29)/t20?,22-/m0/s1. The number of hydrogen-bond donors (Lipinski definition) is 2. The molecule has 2 aromatic carbocycles. The van der Waals surface area contributed by atoms with Crippen LogP contribution in [-0.2, 0) is 4.79 Å². The number of carbonyl (C=O) groups excluding carboxylic acids is 1. The fourth-order valence-electron chi connectivity index (χ4n) is 3.75. The first-order valence-electron chi connectivity index (χ1n) is 10.6. The van der Waals surface area contributed by atoms with E-state index >= 15 is 0 Å². The van der Waals surface area contributed by atoms with Gasteiger partial charge in [0.2, 0.25) is 5.91 Å². The van der Waals surface area contributed by atoms with Crippen LogP contribution >= 0.6 is 0 Å². The number of aliphatic hydroxyl groups excluding tert-OH is 1. The second-order valence-corrected chi connectivity index (χ2v) is 7.70. The van der Waals surface area contributed by atoms with Crippen molar-refractivity contribution < 1.29 is 24.5 Å². The molecule has 3 rings (SSSR count). The summed E-state index contributed by atoms with van der Waals surface area (Å²) < 4.78 is 5.81. The molecule has 1 amide bonds. The molecule has 6 nitrogen and oxygen atoms in total. The summed E-state index contributed by atoms with van der Waals surface area (Å²) in [5, 5.41) is 19.3. The minimum atomic E-state index is -0.979. The van der Waals surface area contributed by atoms with Crippen molar-refractivity contribution in [2.45, 2.75) is 57.6 Å². The Balaban J connectivity index is 1.62. The largest absolute Gasteiger partial charge is 0.491 e. The number of amides is 1. The predicted molar refractivity (Wildman–Crippen MR) is 115 cm³/mol. The Morgan fingerprint density at radius 1 is 1.13 bits per heavy atom. The SMILES string of the molecule is CCCCC[C@H](O)c1ccc(N2C(=O)CCC2COc2ccc(C(=O)O)cc2)cc1. The Kier molecular flexibility index (Phi) is 7.46. The molecule has 0 saturated carbocycles. The molecule has 2 aromatic rings. The number of carboxylic acid groups (broad SMARTS) is 1. The molecule has 0 spiro atoms. The number of hydrogen-bond acceptors (Lipinski definition) is 4. The van der Waals surface area contributed by atoms with Crippen LogP contribution in [0.2, 0.25) is 0 Å². The number of benzene rings is 2. The molecule has 0 aliphatic carbocycles. The Labute approximate surface area is 177 Å². The Hall–Kier alpha value is -2.86. The number of unbranched alkanes of at least 4 members (excludes halogenated alkanes) is 2. The highest BCUT2D eigenvalue weighted by molar-refractivity contribution is 5.96. The maximum atomic E-state index is 12.5. The van der Waals surface area contributed by atoms with E-state index in [0.29, 0.717) is 25.2 Å². The van der Waals surface area contributed by atoms with Gasteiger partial charge in [-0.15, -0.1) is 0 Å². The number of carboxylic acids is 1. The van der Waals surface area contributed by atoms with Gasteiger partial charge in [-0.05, 0) is 54.8 Å². The van der Waals surface area contributed by atoms with Gasteiger partial charge in [-0.2, -0.15) is 0 Å². The maximum Gasteiger partial charge on any atom is 0.335 e. The van der Waals surface area contributed by atoms with Crippen molar-refractivity contribution in [2.24, 2.45) is 0 Å². The first-order chi connectivity index (χ1) is 14.5. The molecule has 160 valence electrons. The van der Waals surface area contributed by atoms with E-state index in [1.807, 2.05) is 24.3 Å². The highest BCUT2D eigenvalue weighted by Gasteiger charge is 2.32. The van der Waals surface area contributed by atoms with Crippen LogP contribution < -0.4 is 9.64 Å². The summed E-state index contributed by atoms with van der Waals surface area (Å²) in [6.07, 6.45) is 4.66. The summed E-state index contributed by atoms with van der Waals surface area (Å²) in [4.78, 5) is 25.2. The normalized spacial score (nSPS) is 17.2. The molecule has 2 atom stereocenters. The monoisotopic (exact) mass is 411 g/mol. The highest BCUT2D eigenvalue weighted by atomic mass is 16.5. The van der Waals surface area contributed by atoms with Gasteiger partial charge in [0.05, 0.1) is 17.7 Å². The first kappa shape index (κ1) is 21.8. The fourth-order valence-corrected chi connectivity index (χ4v) is 3.75. The van der Waals surface area contributed by atoms with Crippen LogP contribution in [0.3, 0.4) is 0 Å². The maximum absolute atomic E-state index is 12.5. The average Bonchev–Trinajstić information content (AvgIpc) is 3.13.